The maximum atomic E-state index is 12.0. The standard InChI is InChI=1S/C12H22N2O2S2/c1-4-10(2)9-14-18(15,16)12-6-5-11(17-12)7-8-13-3/h5-6,10,13-14H,4,7-9H2,1-3H3. The van der Waals surface area contributed by atoms with Gasteiger partial charge in [0.05, 0.1) is 0 Å². The molecular weight excluding hydrogens is 268 g/mol. The van der Waals surface area contributed by atoms with Gasteiger partial charge in [-0.1, -0.05) is 20.3 Å². The lowest BCUT2D eigenvalue weighted by Gasteiger charge is -2.09. The van der Waals surface area contributed by atoms with E-state index in [4.69, 9.17) is 0 Å². The van der Waals surface area contributed by atoms with E-state index in [-0.39, 0.29) is 0 Å². The average Bonchev–Trinajstić information content (AvgIpc) is 2.83. The van der Waals surface area contributed by atoms with Gasteiger partial charge < -0.3 is 5.32 Å². The summed E-state index contributed by atoms with van der Waals surface area (Å²) in [4.78, 5) is 1.09. The van der Waals surface area contributed by atoms with Crippen LogP contribution >= 0.6 is 11.3 Å². The van der Waals surface area contributed by atoms with Gasteiger partial charge >= 0.3 is 0 Å². The highest BCUT2D eigenvalue weighted by Gasteiger charge is 2.17. The second-order valence-corrected chi connectivity index (χ2v) is 7.60. The van der Waals surface area contributed by atoms with Crippen molar-refractivity contribution in [2.75, 3.05) is 20.1 Å². The summed E-state index contributed by atoms with van der Waals surface area (Å²) >= 11 is 1.35. The molecular formula is C12H22N2O2S2. The van der Waals surface area contributed by atoms with Gasteiger partial charge in [-0.15, -0.1) is 11.3 Å². The number of sulfonamides is 1. The summed E-state index contributed by atoms with van der Waals surface area (Å²) in [5.74, 6) is 0.364. The van der Waals surface area contributed by atoms with Gasteiger partial charge in [-0.05, 0) is 38.1 Å². The van der Waals surface area contributed by atoms with E-state index in [0.29, 0.717) is 16.7 Å². The molecule has 1 rings (SSSR count). The molecule has 0 fully saturated rings. The highest BCUT2D eigenvalue weighted by molar-refractivity contribution is 7.91. The topological polar surface area (TPSA) is 58.2 Å². The van der Waals surface area contributed by atoms with Crippen LogP contribution in [0.15, 0.2) is 16.3 Å². The Morgan fingerprint density at radius 1 is 1.39 bits per heavy atom. The molecule has 0 spiro atoms. The van der Waals surface area contributed by atoms with Gasteiger partial charge in [0.2, 0.25) is 10.0 Å². The van der Waals surface area contributed by atoms with Crippen LogP contribution in [-0.4, -0.2) is 28.6 Å². The van der Waals surface area contributed by atoms with Crippen molar-refractivity contribution in [1.29, 1.82) is 0 Å². The van der Waals surface area contributed by atoms with Crippen molar-refractivity contribution in [2.45, 2.75) is 30.9 Å². The van der Waals surface area contributed by atoms with Gasteiger partial charge in [-0.3, -0.25) is 0 Å². The summed E-state index contributed by atoms with van der Waals surface area (Å²) < 4.78 is 27.1. The second-order valence-electron chi connectivity index (χ2n) is 4.44. The molecule has 1 unspecified atom stereocenters. The first-order valence-corrected chi connectivity index (χ1v) is 8.52. The summed E-state index contributed by atoms with van der Waals surface area (Å²) in [6, 6.07) is 3.58. The van der Waals surface area contributed by atoms with E-state index >= 15 is 0 Å². The minimum atomic E-state index is -3.32. The second kappa shape index (κ2) is 7.23. The van der Waals surface area contributed by atoms with E-state index in [1.807, 2.05) is 20.0 Å². The largest absolute Gasteiger partial charge is 0.319 e. The highest BCUT2D eigenvalue weighted by Crippen LogP contribution is 2.21. The zero-order valence-electron chi connectivity index (χ0n) is 11.2. The maximum Gasteiger partial charge on any atom is 0.250 e. The Morgan fingerprint density at radius 3 is 2.72 bits per heavy atom. The van der Waals surface area contributed by atoms with Crippen molar-refractivity contribution in [3.8, 4) is 0 Å². The molecule has 1 aromatic heterocycles. The van der Waals surface area contributed by atoms with E-state index < -0.39 is 10.0 Å². The van der Waals surface area contributed by atoms with Crippen molar-refractivity contribution in [3.05, 3.63) is 17.0 Å². The van der Waals surface area contributed by atoms with Gasteiger partial charge in [0, 0.05) is 11.4 Å². The van der Waals surface area contributed by atoms with E-state index in [1.54, 1.807) is 6.07 Å². The molecule has 0 saturated heterocycles. The smallest absolute Gasteiger partial charge is 0.250 e. The average molecular weight is 290 g/mol. The third-order valence-corrected chi connectivity index (χ3v) is 5.90. The van der Waals surface area contributed by atoms with Crippen LogP contribution in [0.4, 0.5) is 0 Å². The molecule has 0 aliphatic heterocycles. The molecule has 0 radical (unpaired) electrons. The van der Waals surface area contributed by atoms with Crippen LogP contribution in [-0.2, 0) is 16.4 Å². The third kappa shape index (κ3) is 4.68. The fourth-order valence-corrected chi connectivity index (χ4v) is 3.92. The van der Waals surface area contributed by atoms with Crippen molar-refractivity contribution in [3.63, 3.8) is 0 Å². The molecule has 1 aromatic rings. The Labute approximate surface area is 114 Å². The van der Waals surface area contributed by atoms with Crippen LogP contribution in [0.5, 0.6) is 0 Å². The molecule has 0 aliphatic carbocycles. The molecule has 0 aliphatic rings. The van der Waals surface area contributed by atoms with Crippen LogP contribution in [0.3, 0.4) is 0 Å². The normalized spacial score (nSPS) is 13.7. The minimum Gasteiger partial charge on any atom is -0.319 e. The monoisotopic (exact) mass is 290 g/mol. The van der Waals surface area contributed by atoms with Crippen molar-refractivity contribution < 1.29 is 8.42 Å². The molecule has 0 bridgehead atoms. The molecule has 1 heterocycles. The number of nitrogens with one attached hydrogen (secondary N) is 2. The van der Waals surface area contributed by atoms with Gasteiger partial charge in [-0.2, -0.15) is 0 Å². The van der Waals surface area contributed by atoms with Crippen LogP contribution in [0, 0.1) is 5.92 Å². The fourth-order valence-electron chi connectivity index (χ4n) is 1.35. The SMILES string of the molecule is CCC(C)CNS(=O)(=O)c1ccc(CCNC)s1. The Bertz CT molecular complexity index is 454. The molecule has 0 aromatic carbocycles. The summed E-state index contributed by atoms with van der Waals surface area (Å²) in [5.41, 5.74) is 0. The van der Waals surface area contributed by atoms with E-state index in [9.17, 15) is 8.42 Å². The number of thiophene rings is 1. The highest BCUT2D eigenvalue weighted by atomic mass is 32.2. The van der Waals surface area contributed by atoms with E-state index in [0.717, 1.165) is 24.3 Å². The van der Waals surface area contributed by atoms with Crippen molar-refractivity contribution in [2.24, 2.45) is 5.92 Å². The first-order valence-electron chi connectivity index (χ1n) is 6.22. The van der Waals surface area contributed by atoms with Crippen LogP contribution in [0.2, 0.25) is 0 Å². The number of rotatable bonds is 8. The number of likely N-dealkylation sites (N-methyl/N-ethyl adjacent to an activating group) is 1. The van der Waals surface area contributed by atoms with Gasteiger partial charge in [0.25, 0.3) is 0 Å². The summed E-state index contributed by atoms with van der Waals surface area (Å²) in [6.07, 6.45) is 1.84. The van der Waals surface area contributed by atoms with E-state index in [2.05, 4.69) is 17.0 Å². The lowest BCUT2D eigenvalue weighted by Crippen LogP contribution is -2.27. The Morgan fingerprint density at radius 2 is 2.11 bits per heavy atom. The lowest BCUT2D eigenvalue weighted by atomic mass is 10.1. The lowest BCUT2D eigenvalue weighted by molar-refractivity contribution is 0.529. The van der Waals surface area contributed by atoms with Crippen LogP contribution < -0.4 is 10.0 Å². The molecule has 0 saturated carbocycles. The fraction of sp³-hybridized carbons (Fsp3) is 0.667. The Hall–Kier alpha value is -0.430. The molecule has 6 heteroatoms. The maximum absolute atomic E-state index is 12.0. The zero-order valence-corrected chi connectivity index (χ0v) is 12.8. The molecule has 104 valence electrons. The van der Waals surface area contributed by atoms with Gasteiger partial charge in [0.1, 0.15) is 4.21 Å². The zero-order chi connectivity index (χ0) is 13.6. The minimum absolute atomic E-state index is 0.364. The molecule has 4 nitrogen and oxygen atoms in total. The molecule has 2 N–H and O–H groups in total. The summed E-state index contributed by atoms with van der Waals surface area (Å²) in [5, 5.41) is 3.05. The number of hydrogen-bond acceptors (Lipinski definition) is 4. The van der Waals surface area contributed by atoms with Crippen molar-refractivity contribution >= 4 is 21.4 Å². The Kier molecular flexibility index (Phi) is 6.28. The quantitative estimate of drug-likeness (QED) is 0.768. The predicted octanol–water partition coefficient (Wildman–Crippen LogP) is 1.83. The molecule has 0 amide bonds. The first-order chi connectivity index (χ1) is 8.49. The summed E-state index contributed by atoms with van der Waals surface area (Å²) in [7, 11) is -1.43. The van der Waals surface area contributed by atoms with Crippen LogP contribution in [0.25, 0.3) is 0 Å². The Balaban J connectivity index is 2.64. The molecule has 1 atom stereocenters. The van der Waals surface area contributed by atoms with Gasteiger partial charge in [-0.25, -0.2) is 13.1 Å². The molecule has 18 heavy (non-hydrogen) atoms. The van der Waals surface area contributed by atoms with E-state index in [1.165, 1.54) is 11.3 Å². The van der Waals surface area contributed by atoms with Gasteiger partial charge in [0.15, 0.2) is 0 Å². The summed E-state index contributed by atoms with van der Waals surface area (Å²) in [6.45, 7) is 5.46. The third-order valence-electron chi connectivity index (χ3n) is 2.84. The first kappa shape index (κ1) is 15.6. The van der Waals surface area contributed by atoms with Crippen LogP contribution in [0.1, 0.15) is 25.1 Å². The predicted molar refractivity (Wildman–Crippen MR) is 76.6 cm³/mol. The number of hydrogen-bond donors (Lipinski definition) is 2. The van der Waals surface area contributed by atoms with Crippen molar-refractivity contribution in [1.82, 2.24) is 10.0 Å².